The van der Waals surface area contributed by atoms with Gasteiger partial charge in [-0.15, -0.1) is 0 Å². The highest BCUT2D eigenvalue weighted by Crippen LogP contribution is 2.40. The Morgan fingerprint density at radius 3 is 2.39 bits per heavy atom. The van der Waals surface area contributed by atoms with Crippen LogP contribution in [0.5, 0.6) is 11.5 Å². The zero-order valence-electron chi connectivity index (χ0n) is 19.4. The molecule has 2 saturated heterocycles. The predicted molar refractivity (Wildman–Crippen MR) is 123 cm³/mol. The maximum atomic E-state index is 12.1. The highest BCUT2D eigenvalue weighted by molar-refractivity contribution is 5.72. The van der Waals surface area contributed by atoms with E-state index in [1.165, 1.54) is 11.1 Å². The largest absolute Gasteiger partial charge is 0.493 e. The monoisotopic (exact) mass is 452 g/mol. The molecular weight excluding hydrogens is 420 g/mol. The van der Waals surface area contributed by atoms with Gasteiger partial charge in [-0.3, -0.25) is 4.79 Å². The molecular formula is C27H32O6. The molecule has 2 aromatic carbocycles. The van der Waals surface area contributed by atoms with Gasteiger partial charge in [0.1, 0.15) is 17.6 Å². The summed E-state index contributed by atoms with van der Waals surface area (Å²) in [7, 11) is 0. The van der Waals surface area contributed by atoms with E-state index >= 15 is 0 Å². The highest BCUT2D eigenvalue weighted by atomic mass is 16.5. The van der Waals surface area contributed by atoms with E-state index in [1.54, 1.807) is 0 Å². The Morgan fingerprint density at radius 2 is 1.76 bits per heavy atom. The molecule has 0 bridgehead atoms. The Hall–Kier alpha value is -2.57. The van der Waals surface area contributed by atoms with Crippen LogP contribution in [0, 0.1) is 5.41 Å². The Labute approximate surface area is 195 Å². The van der Waals surface area contributed by atoms with Gasteiger partial charge in [0.2, 0.25) is 0 Å². The first-order valence-electron chi connectivity index (χ1n) is 11.8. The molecule has 2 fully saturated rings. The van der Waals surface area contributed by atoms with Crippen molar-refractivity contribution in [3.05, 3.63) is 59.2 Å². The summed E-state index contributed by atoms with van der Waals surface area (Å²) in [5, 5.41) is 0. The maximum Gasteiger partial charge on any atom is 0.306 e. The van der Waals surface area contributed by atoms with Gasteiger partial charge in [0.25, 0.3) is 0 Å². The molecule has 0 radical (unpaired) electrons. The summed E-state index contributed by atoms with van der Waals surface area (Å²) in [5.74, 6) is 1.53. The van der Waals surface area contributed by atoms with Crippen LogP contribution < -0.4 is 9.47 Å². The lowest BCUT2D eigenvalue weighted by Crippen LogP contribution is -2.48. The molecule has 0 saturated carbocycles. The smallest absolute Gasteiger partial charge is 0.306 e. The van der Waals surface area contributed by atoms with Gasteiger partial charge >= 0.3 is 5.97 Å². The van der Waals surface area contributed by atoms with Crippen molar-refractivity contribution in [2.24, 2.45) is 5.41 Å². The van der Waals surface area contributed by atoms with Crippen molar-refractivity contribution in [1.29, 1.82) is 0 Å². The van der Waals surface area contributed by atoms with Crippen LogP contribution in [0.15, 0.2) is 42.5 Å². The first-order chi connectivity index (χ1) is 16.0. The molecule has 2 aliphatic heterocycles. The number of benzene rings is 2. The molecule has 1 atom stereocenters. The molecule has 2 heterocycles. The first-order valence-corrected chi connectivity index (χ1v) is 11.8. The topological polar surface area (TPSA) is 63.2 Å². The molecule has 0 amide bonds. The summed E-state index contributed by atoms with van der Waals surface area (Å²) in [6.45, 7) is 7.66. The molecule has 6 nitrogen and oxygen atoms in total. The van der Waals surface area contributed by atoms with Gasteiger partial charge in [0, 0.05) is 5.41 Å². The minimum absolute atomic E-state index is 0.0116. The van der Waals surface area contributed by atoms with E-state index in [9.17, 15) is 4.79 Å². The molecule has 5 rings (SSSR count). The molecule has 3 aliphatic rings. The highest BCUT2D eigenvalue weighted by Gasteiger charge is 2.42. The predicted octanol–water partition coefficient (Wildman–Crippen LogP) is 4.39. The summed E-state index contributed by atoms with van der Waals surface area (Å²) in [5.41, 5.74) is 3.44. The fraction of sp³-hybridized carbons (Fsp3) is 0.519. The van der Waals surface area contributed by atoms with Gasteiger partial charge in [0.15, 0.2) is 0 Å². The Balaban J connectivity index is 1.24. The third kappa shape index (κ3) is 4.59. The van der Waals surface area contributed by atoms with Crippen LogP contribution in [-0.2, 0) is 30.8 Å². The average molecular weight is 453 g/mol. The zero-order valence-corrected chi connectivity index (χ0v) is 19.4. The summed E-state index contributed by atoms with van der Waals surface area (Å²) >= 11 is 0. The van der Waals surface area contributed by atoms with Crippen molar-refractivity contribution in [3.8, 4) is 11.5 Å². The van der Waals surface area contributed by atoms with Gasteiger partial charge in [-0.05, 0) is 60.7 Å². The van der Waals surface area contributed by atoms with Gasteiger partial charge in [-0.2, -0.15) is 0 Å². The number of carbonyl (C=O) groups excluding carboxylic acids is 1. The summed E-state index contributed by atoms with van der Waals surface area (Å²) in [6, 6.07) is 14.4. The van der Waals surface area contributed by atoms with E-state index in [2.05, 4.69) is 25.1 Å². The van der Waals surface area contributed by atoms with Crippen LogP contribution in [0.2, 0.25) is 0 Å². The molecule has 0 spiro atoms. The second-order valence-electron chi connectivity index (χ2n) is 9.88. The van der Waals surface area contributed by atoms with Crippen molar-refractivity contribution in [2.45, 2.75) is 44.6 Å². The van der Waals surface area contributed by atoms with E-state index in [0.29, 0.717) is 32.8 Å². The normalized spacial score (nSPS) is 21.9. The second kappa shape index (κ2) is 8.99. The average Bonchev–Trinajstić information content (AvgIpc) is 3.16. The van der Waals surface area contributed by atoms with Crippen molar-refractivity contribution in [2.75, 3.05) is 39.6 Å². The number of esters is 1. The number of rotatable bonds is 9. The summed E-state index contributed by atoms with van der Waals surface area (Å²) < 4.78 is 28.4. The van der Waals surface area contributed by atoms with Gasteiger partial charge in [0.05, 0.1) is 51.5 Å². The van der Waals surface area contributed by atoms with E-state index in [4.69, 9.17) is 23.7 Å². The van der Waals surface area contributed by atoms with Gasteiger partial charge in [-0.1, -0.05) is 25.1 Å². The van der Waals surface area contributed by atoms with Crippen molar-refractivity contribution < 1.29 is 28.5 Å². The molecule has 1 aliphatic carbocycles. The van der Waals surface area contributed by atoms with Crippen LogP contribution >= 0.6 is 0 Å². The van der Waals surface area contributed by atoms with Crippen LogP contribution in [0.4, 0.5) is 0 Å². The molecule has 33 heavy (non-hydrogen) atoms. The van der Waals surface area contributed by atoms with Crippen LogP contribution in [-0.4, -0.2) is 45.6 Å². The standard InChI is InChI=1S/C27H32O6/c1-3-31-25(28)13-27(17-30-18-27)20-6-9-21(10-7-20)33-24-11-5-19-4-8-22(12-23(19)24)32-16-26(2)14-29-15-26/h4,6-10,12,24H,3,5,11,13-18H2,1-2H3. The number of hydrogen-bond acceptors (Lipinski definition) is 6. The summed E-state index contributed by atoms with van der Waals surface area (Å²) in [6.07, 6.45) is 2.30. The lowest BCUT2D eigenvalue weighted by molar-refractivity contribution is -0.151. The summed E-state index contributed by atoms with van der Waals surface area (Å²) in [4.78, 5) is 12.1. The number of aryl methyl sites for hydroxylation is 1. The lowest BCUT2D eigenvalue weighted by atomic mass is 9.76. The number of ether oxygens (including phenoxy) is 5. The van der Waals surface area contributed by atoms with E-state index in [0.717, 1.165) is 43.1 Å². The fourth-order valence-electron chi connectivity index (χ4n) is 4.81. The molecule has 0 N–H and O–H groups in total. The Kier molecular flexibility index (Phi) is 6.06. The first kappa shape index (κ1) is 22.2. The molecule has 1 unspecified atom stereocenters. The minimum Gasteiger partial charge on any atom is -0.493 e. The molecule has 2 aromatic rings. The third-order valence-electron chi connectivity index (χ3n) is 6.92. The SMILES string of the molecule is CCOC(=O)CC1(c2ccc(OC3CCc4ccc(OCC5(C)COC5)cc43)cc2)COC1. The number of hydrogen-bond donors (Lipinski definition) is 0. The van der Waals surface area contributed by atoms with Crippen molar-refractivity contribution in [1.82, 2.24) is 0 Å². The quantitative estimate of drug-likeness (QED) is 0.526. The molecule has 0 aromatic heterocycles. The molecule has 176 valence electrons. The Bertz CT molecular complexity index is 990. The maximum absolute atomic E-state index is 12.1. The van der Waals surface area contributed by atoms with Crippen molar-refractivity contribution >= 4 is 5.97 Å². The number of carbonyl (C=O) groups is 1. The van der Waals surface area contributed by atoms with E-state index in [1.807, 2.05) is 31.2 Å². The van der Waals surface area contributed by atoms with Crippen LogP contribution in [0.1, 0.15) is 49.5 Å². The van der Waals surface area contributed by atoms with E-state index < -0.39 is 0 Å². The van der Waals surface area contributed by atoms with Crippen LogP contribution in [0.3, 0.4) is 0 Å². The second-order valence-corrected chi connectivity index (χ2v) is 9.88. The third-order valence-corrected chi connectivity index (χ3v) is 6.92. The van der Waals surface area contributed by atoms with E-state index in [-0.39, 0.29) is 22.9 Å². The fourth-order valence-corrected chi connectivity index (χ4v) is 4.81. The minimum atomic E-state index is -0.293. The zero-order chi connectivity index (χ0) is 22.9. The van der Waals surface area contributed by atoms with Gasteiger partial charge in [-0.25, -0.2) is 0 Å². The van der Waals surface area contributed by atoms with Gasteiger partial charge < -0.3 is 23.7 Å². The Morgan fingerprint density at radius 1 is 1.03 bits per heavy atom. The van der Waals surface area contributed by atoms with Crippen molar-refractivity contribution in [3.63, 3.8) is 0 Å². The number of fused-ring (bicyclic) bond motifs is 1. The lowest BCUT2D eigenvalue weighted by Gasteiger charge is -2.41. The molecule has 6 heteroatoms. The van der Waals surface area contributed by atoms with Crippen LogP contribution in [0.25, 0.3) is 0 Å².